The summed E-state index contributed by atoms with van der Waals surface area (Å²) in [7, 11) is 2.18. The molecule has 0 amide bonds. The normalized spacial score (nSPS) is 37.0. The summed E-state index contributed by atoms with van der Waals surface area (Å²) < 4.78 is 5.84. The summed E-state index contributed by atoms with van der Waals surface area (Å²) in [6.07, 6.45) is 6.67. The van der Waals surface area contributed by atoms with E-state index in [-0.39, 0.29) is 5.60 Å². The molecule has 2 aliphatic heterocycles. The van der Waals surface area contributed by atoms with E-state index >= 15 is 0 Å². The van der Waals surface area contributed by atoms with Gasteiger partial charge in [0.1, 0.15) is 0 Å². The van der Waals surface area contributed by atoms with Crippen LogP contribution in [0.4, 0.5) is 0 Å². The second kappa shape index (κ2) is 4.94. The van der Waals surface area contributed by atoms with Gasteiger partial charge in [0.05, 0.1) is 12.2 Å². The molecule has 0 aromatic heterocycles. The highest BCUT2D eigenvalue weighted by molar-refractivity contribution is 5.04. The van der Waals surface area contributed by atoms with Crippen molar-refractivity contribution in [1.29, 1.82) is 0 Å². The molecule has 2 aliphatic rings. The van der Waals surface area contributed by atoms with Crippen LogP contribution in [-0.4, -0.2) is 36.7 Å². The van der Waals surface area contributed by atoms with Gasteiger partial charge in [-0.05, 0) is 26.8 Å². The summed E-state index contributed by atoms with van der Waals surface area (Å²) in [5, 5.41) is 0. The number of likely N-dealkylation sites (tertiary alicyclic amines) is 1. The molecule has 0 saturated carbocycles. The van der Waals surface area contributed by atoms with Crippen LogP contribution in [0.15, 0.2) is 12.2 Å². The topological polar surface area (TPSA) is 12.5 Å². The van der Waals surface area contributed by atoms with Gasteiger partial charge in [0.25, 0.3) is 0 Å². The van der Waals surface area contributed by atoms with Crippen molar-refractivity contribution in [3.05, 3.63) is 12.2 Å². The first-order valence-corrected chi connectivity index (χ1v) is 5.71. The maximum Gasteiger partial charge on any atom is 0.0862 e. The Labute approximate surface area is 87.9 Å². The molecule has 14 heavy (non-hydrogen) atoms. The van der Waals surface area contributed by atoms with Crippen molar-refractivity contribution in [2.75, 3.05) is 20.2 Å². The van der Waals surface area contributed by atoms with Crippen LogP contribution < -0.4 is 0 Å². The Hall–Kier alpha value is -0.340. The number of rotatable bonds is 0. The quantitative estimate of drug-likeness (QED) is 0.553. The average molecular weight is 197 g/mol. The molecule has 1 spiro atoms. The molecule has 2 atom stereocenters. The predicted octanol–water partition coefficient (Wildman–Crippen LogP) is 2.45. The van der Waals surface area contributed by atoms with Crippen molar-refractivity contribution >= 4 is 0 Å². The minimum absolute atomic E-state index is 0.156. The minimum atomic E-state index is 0.156. The van der Waals surface area contributed by atoms with Crippen molar-refractivity contribution in [2.45, 2.75) is 45.3 Å². The summed E-state index contributed by atoms with van der Waals surface area (Å²) in [6.45, 7) is 8.18. The third kappa shape index (κ3) is 2.37. The maximum atomic E-state index is 5.84. The van der Waals surface area contributed by atoms with E-state index in [0.29, 0.717) is 6.04 Å². The van der Waals surface area contributed by atoms with Gasteiger partial charge in [-0.3, -0.25) is 0 Å². The van der Waals surface area contributed by atoms with Crippen LogP contribution in [0.1, 0.15) is 33.6 Å². The van der Waals surface area contributed by atoms with Gasteiger partial charge in [0, 0.05) is 12.6 Å². The SMILES string of the molecule is CC.CC1CC2(CC=CCO2)CN1C. The third-order valence-electron chi connectivity index (χ3n) is 3.10. The van der Waals surface area contributed by atoms with Gasteiger partial charge < -0.3 is 9.64 Å². The van der Waals surface area contributed by atoms with Crippen LogP contribution in [0.5, 0.6) is 0 Å². The number of hydrogen-bond acceptors (Lipinski definition) is 2. The molecular formula is C12H23NO. The molecule has 2 heterocycles. The van der Waals surface area contributed by atoms with E-state index in [1.165, 1.54) is 6.42 Å². The zero-order valence-electron chi connectivity index (χ0n) is 9.92. The molecule has 1 saturated heterocycles. The molecule has 0 radical (unpaired) electrons. The highest BCUT2D eigenvalue weighted by atomic mass is 16.5. The van der Waals surface area contributed by atoms with Crippen LogP contribution in [0.2, 0.25) is 0 Å². The maximum absolute atomic E-state index is 5.84. The molecule has 0 bridgehead atoms. The molecule has 0 N–H and O–H groups in total. The van der Waals surface area contributed by atoms with Crippen LogP contribution in [-0.2, 0) is 4.74 Å². The second-order valence-electron chi connectivity index (χ2n) is 4.14. The lowest BCUT2D eigenvalue weighted by Gasteiger charge is -2.30. The molecule has 2 heteroatoms. The Morgan fingerprint density at radius 3 is 2.50 bits per heavy atom. The summed E-state index contributed by atoms with van der Waals surface area (Å²) in [6, 6.07) is 0.677. The Morgan fingerprint density at radius 2 is 2.07 bits per heavy atom. The highest BCUT2D eigenvalue weighted by Crippen LogP contribution is 2.34. The lowest BCUT2D eigenvalue weighted by molar-refractivity contribution is -0.0265. The fourth-order valence-corrected chi connectivity index (χ4v) is 2.27. The fraction of sp³-hybridized carbons (Fsp3) is 0.833. The summed E-state index contributed by atoms with van der Waals surface area (Å²) in [4.78, 5) is 2.39. The third-order valence-corrected chi connectivity index (χ3v) is 3.10. The van der Waals surface area contributed by atoms with Gasteiger partial charge in [-0.15, -0.1) is 0 Å². The van der Waals surface area contributed by atoms with Crippen molar-refractivity contribution in [3.63, 3.8) is 0 Å². The van der Waals surface area contributed by atoms with Crippen molar-refractivity contribution < 1.29 is 4.74 Å². The summed E-state index contributed by atoms with van der Waals surface area (Å²) in [5.74, 6) is 0. The highest BCUT2D eigenvalue weighted by Gasteiger charge is 2.41. The number of ether oxygens (including phenoxy) is 1. The Kier molecular flexibility index (Phi) is 4.14. The predicted molar refractivity (Wildman–Crippen MR) is 60.5 cm³/mol. The van der Waals surface area contributed by atoms with E-state index in [4.69, 9.17) is 4.74 Å². The van der Waals surface area contributed by atoms with Crippen LogP contribution in [0.25, 0.3) is 0 Å². The van der Waals surface area contributed by atoms with E-state index in [1.54, 1.807) is 0 Å². The van der Waals surface area contributed by atoms with Crippen LogP contribution in [0.3, 0.4) is 0 Å². The first kappa shape index (κ1) is 11.7. The summed E-state index contributed by atoms with van der Waals surface area (Å²) in [5.41, 5.74) is 0.156. The first-order valence-electron chi connectivity index (χ1n) is 5.71. The molecule has 0 aromatic carbocycles. The Morgan fingerprint density at radius 1 is 1.36 bits per heavy atom. The lowest BCUT2D eigenvalue weighted by Crippen LogP contribution is -2.36. The summed E-state index contributed by atoms with van der Waals surface area (Å²) >= 11 is 0. The van der Waals surface area contributed by atoms with Crippen LogP contribution in [0, 0.1) is 0 Å². The molecule has 0 aliphatic carbocycles. The van der Waals surface area contributed by atoms with E-state index in [0.717, 1.165) is 19.6 Å². The largest absolute Gasteiger partial charge is 0.369 e. The smallest absolute Gasteiger partial charge is 0.0862 e. The standard InChI is InChI=1S/C10H17NO.C2H6/c1-9-7-10(8-11(9)2)5-3-4-6-12-10;1-2/h3-4,9H,5-8H2,1-2H3;1-2H3. The molecule has 82 valence electrons. The minimum Gasteiger partial charge on any atom is -0.369 e. The van der Waals surface area contributed by atoms with Gasteiger partial charge in [0.15, 0.2) is 0 Å². The van der Waals surface area contributed by atoms with Crippen LogP contribution >= 0.6 is 0 Å². The molecule has 0 aromatic rings. The molecule has 2 unspecified atom stereocenters. The van der Waals surface area contributed by atoms with Gasteiger partial charge in [-0.25, -0.2) is 0 Å². The van der Waals surface area contributed by atoms with Gasteiger partial charge in [-0.1, -0.05) is 26.0 Å². The first-order chi connectivity index (χ1) is 6.72. The zero-order chi connectivity index (χ0) is 10.6. The number of likely N-dealkylation sites (N-methyl/N-ethyl adjacent to an activating group) is 1. The Balaban J connectivity index is 0.000000461. The monoisotopic (exact) mass is 197 g/mol. The van der Waals surface area contributed by atoms with Crippen molar-refractivity contribution in [1.82, 2.24) is 4.90 Å². The van der Waals surface area contributed by atoms with Crippen molar-refractivity contribution in [3.8, 4) is 0 Å². The van der Waals surface area contributed by atoms with Crippen molar-refractivity contribution in [2.24, 2.45) is 0 Å². The average Bonchev–Trinajstić information content (AvgIpc) is 2.46. The molecular weight excluding hydrogens is 174 g/mol. The molecule has 1 fully saturated rings. The van der Waals surface area contributed by atoms with E-state index in [9.17, 15) is 0 Å². The van der Waals surface area contributed by atoms with E-state index < -0.39 is 0 Å². The van der Waals surface area contributed by atoms with Gasteiger partial charge in [-0.2, -0.15) is 0 Å². The fourth-order valence-electron chi connectivity index (χ4n) is 2.27. The second-order valence-corrected chi connectivity index (χ2v) is 4.14. The van der Waals surface area contributed by atoms with E-state index in [1.807, 2.05) is 13.8 Å². The zero-order valence-corrected chi connectivity index (χ0v) is 9.92. The number of nitrogens with zero attached hydrogens (tertiary/aromatic N) is 1. The number of hydrogen-bond donors (Lipinski definition) is 0. The Bertz CT molecular complexity index is 190. The van der Waals surface area contributed by atoms with Gasteiger partial charge >= 0.3 is 0 Å². The lowest BCUT2D eigenvalue weighted by atomic mass is 9.95. The van der Waals surface area contributed by atoms with Gasteiger partial charge in [0.2, 0.25) is 0 Å². The molecule has 2 nitrogen and oxygen atoms in total. The van der Waals surface area contributed by atoms with E-state index in [2.05, 4.69) is 31.0 Å². The molecule has 2 rings (SSSR count).